The molecule has 0 fully saturated rings. The topological polar surface area (TPSA) is 26.0 Å². The summed E-state index contributed by atoms with van der Waals surface area (Å²) < 4.78 is 0. The highest BCUT2D eigenvalue weighted by Crippen LogP contribution is 2.44. The molecule has 0 aliphatic heterocycles. The van der Waals surface area contributed by atoms with E-state index in [-0.39, 0.29) is 12.4 Å². The molecule has 15 heavy (non-hydrogen) atoms. The van der Waals surface area contributed by atoms with E-state index >= 15 is 0 Å². The van der Waals surface area contributed by atoms with E-state index in [4.69, 9.17) is 5.73 Å². The van der Waals surface area contributed by atoms with E-state index in [0.717, 1.165) is 18.4 Å². The van der Waals surface area contributed by atoms with Gasteiger partial charge in [-0.1, -0.05) is 38.1 Å². The molecule has 0 heterocycles. The molecule has 0 unspecified atom stereocenters. The van der Waals surface area contributed by atoms with Gasteiger partial charge in [-0.3, -0.25) is 0 Å². The Kier molecular flexibility index (Phi) is 4.18. The minimum absolute atomic E-state index is 0. The molecule has 1 aromatic rings. The molecule has 0 bridgehead atoms. The number of hydrogen-bond acceptors (Lipinski definition) is 1. The second-order valence-corrected chi connectivity index (χ2v) is 4.65. The van der Waals surface area contributed by atoms with Crippen molar-refractivity contribution in [2.75, 3.05) is 6.54 Å². The Balaban J connectivity index is 0.00000112. The van der Waals surface area contributed by atoms with Crippen molar-refractivity contribution in [1.82, 2.24) is 0 Å². The fraction of sp³-hybridized carbons (Fsp3) is 0.538. The van der Waals surface area contributed by atoms with Crippen molar-refractivity contribution in [2.24, 2.45) is 11.7 Å². The van der Waals surface area contributed by atoms with Gasteiger partial charge in [-0.05, 0) is 41.8 Å². The predicted octanol–water partition coefficient (Wildman–Crippen LogP) is 3.29. The summed E-state index contributed by atoms with van der Waals surface area (Å²) in [7, 11) is 0. The number of fused-ring (bicyclic) bond motifs is 1. The fourth-order valence-corrected chi connectivity index (χ4v) is 2.64. The summed E-state index contributed by atoms with van der Waals surface area (Å²) in [5.41, 5.74) is 8.84. The minimum Gasteiger partial charge on any atom is -0.330 e. The van der Waals surface area contributed by atoms with Crippen molar-refractivity contribution in [1.29, 1.82) is 0 Å². The second kappa shape index (κ2) is 5.00. The monoisotopic (exact) mass is 225 g/mol. The highest BCUT2D eigenvalue weighted by molar-refractivity contribution is 5.85. The van der Waals surface area contributed by atoms with Gasteiger partial charge in [0, 0.05) is 0 Å². The van der Waals surface area contributed by atoms with Crippen LogP contribution in [0.4, 0.5) is 0 Å². The van der Waals surface area contributed by atoms with Gasteiger partial charge in [-0.25, -0.2) is 0 Å². The Hall–Kier alpha value is -0.530. The molecule has 1 aliphatic carbocycles. The van der Waals surface area contributed by atoms with Gasteiger partial charge < -0.3 is 5.73 Å². The van der Waals surface area contributed by atoms with Crippen LogP contribution in [0.3, 0.4) is 0 Å². The third-order valence-electron chi connectivity index (χ3n) is 3.46. The lowest BCUT2D eigenvalue weighted by atomic mass is 9.90. The normalized spacial score (nSPS) is 23.7. The number of halogens is 1. The molecule has 0 spiro atoms. The molecule has 0 aromatic heterocycles. The van der Waals surface area contributed by atoms with Gasteiger partial charge >= 0.3 is 0 Å². The van der Waals surface area contributed by atoms with Crippen LogP contribution in [-0.2, 0) is 0 Å². The van der Waals surface area contributed by atoms with E-state index in [2.05, 4.69) is 38.1 Å². The summed E-state index contributed by atoms with van der Waals surface area (Å²) in [5.74, 6) is 2.05. The van der Waals surface area contributed by atoms with Gasteiger partial charge in [0.1, 0.15) is 0 Å². The third-order valence-corrected chi connectivity index (χ3v) is 3.46. The number of nitrogens with two attached hydrogens (primary N) is 1. The Morgan fingerprint density at radius 1 is 1.27 bits per heavy atom. The lowest BCUT2D eigenvalue weighted by molar-refractivity contribution is 0.468. The lowest BCUT2D eigenvalue weighted by Gasteiger charge is -2.15. The highest BCUT2D eigenvalue weighted by atomic mass is 35.5. The smallest absolute Gasteiger partial charge is 0.000791 e. The van der Waals surface area contributed by atoms with Crippen LogP contribution < -0.4 is 5.73 Å². The maximum atomic E-state index is 5.81. The molecular weight excluding hydrogens is 206 g/mol. The van der Waals surface area contributed by atoms with Gasteiger partial charge in [0.25, 0.3) is 0 Å². The molecule has 0 saturated carbocycles. The summed E-state index contributed by atoms with van der Waals surface area (Å²) in [6, 6.07) is 8.79. The van der Waals surface area contributed by atoms with Crippen molar-refractivity contribution >= 4 is 12.4 Å². The number of rotatable bonds is 2. The SMILES string of the molecule is CC(C)[C@@H]1C[C@@H](CN)c2ccccc21.Cl. The van der Waals surface area contributed by atoms with Crippen molar-refractivity contribution in [3.05, 3.63) is 35.4 Å². The largest absolute Gasteiger partial charge is 0.330 e. The van der Waals surface area contributed by atoms with Crippen molar-refractivity contribution < 1.29 is 0 Å². The van der Waals surface area contributed by atoms with Crippen LogP contribution in [-0.4, -0.2) is 6.54 Å². The van der Waals surface area contributed by atoms with Gasteiger partial charge in [-0.15, -0.1) is 12.4 Å². The van der Waals surface area contributed by atoms with Crippen molar-refractivity contribution in [2.45, 2.75) is 32.1 Å². The predicted molar refractivity (Wildman–Crippen MR) is 67.7 cm³/mol. The van der Waals surface area contributed by atoms with Crippen LogP contribution in [0.5, 0.6) is 0 Å². The number of benzene rings is 1. The van der Waals surface area contributed by atoms with Gasteiger partial charge in [-0.2, -0.15) is 0 Å². The summed E-state index contributed by atoms with van der Waals surface area (Å²) >= 11 is 0. The second-order valence-electron chi connectivity index (χ2n) is 4.65. The Morgan fingerprint density at radius 2 is 1.87 bits per heavy atom. The summed E-state index contributed by atoms with van der Waals surface area (Å²) in [6.45, 7) is 5.40. The summed E-state index contributed by atoms with van der Waals surface area (Å²) in [4.78, 5) is 0. The molecule has 2 rings (SSSR count). The average molecular weight is 226 g/mol. The van der Waals surface area contributed by atoms with Crippen molar-refractivity contribution in [3.8, 4) is 0 Å². The molecule has 84 valence electrons. The zero-order chi connectivity index (χ0) is 10.1. The van der Waals surface area contributed by atoms with Crippen LogP contribution in [0, 0.1) is 5.92 Å². The summed E-state index contributed by atoms with van der Waals surface area (Å²) in [6.07, 6.45) is 1.24. The van der Waals surface area contributed by atoms with Crippen LogP contribution in [0.25, 0.3) is 0 Å². The van der Waals surface area contributed by atoms with E-state index < -0.39 is 0 Å². The zero-order valence-electron chi connectivity index (χ0n) is 9.44. The molecule has 2 atom stereocenters. The first-order valence-electron chi connectivity index (χ1n) is 5.53. The molecule has 2 heteroatoms. The summed E-state index contributed by atoms with van der Waals surface area (Å²) in [5, 5.41) is 0. The molecule has 1 aliphatic rings. The maximum Gasteiger partial charge on any atom is -0.000791 e. The Labute approximate surface area is 98.5 Å². The first-order chi connectivity index (χ1) is 6.74. The van der Waals surface area contributed by atoms with Gasteiger partial charge in [0.2, 0.25) is 0 Å². The van der Waals surface area contributed by atoms with E-state index in [1.807, 2.05) is 0 Å². The fourth-order valence-electron chi connectivity index (χ4n) is 2.64. The average Bonchev–Trinajstić information content (AvgIpc) is 2.56. The highest BCUT2D eigenvalue weighted by Gasteiger charge is 2.31. The zero-order valence-corrected chi connectivity index (χ0v) is 10.3. The van der Waals surface area contributed by atoms with Crippen LogP contribution >= 0.6 is 12.4 Å². The standard InChI is InChI=1S/C13H19N.ClH/c1-9(2)13-7-10(8-14)11-5-3-4-6-12(11)13;/h3-6,9-10,13H,7-8,14H2,1-2H3;1H/t10-,13-;/m0./s1. The van der Waals surface area contributed by atoms with E-state index in [0.29, 0.717) is 5.92 Å². The molecule has 0 amide bonds. The van der Waals surface area contributed by atoms with E-state index in [1.165, 1.54) is 17.5 Å². The quantitative estimate of drug-likeness (QED) is 0.822. The third kappa shape index (κ3) is 2.19. The Morgan fingerprint density at radius 3 is 2.40 bits per heavy atom. The number of hydrogen-bond donors (Lipinski definition) is 1. The Bertz CT molecular complexity index is 322. The molecule has 1 nitrogen and oxygen atoms in total. The van der Waals surface area contributed by atoms with Gasteiger partial charge in [0.05, 0.1) is 0 Å². The minimum atomic E-state index is 0. The first-order valence-corrected chi connectivity index (χ1v) is 5.53. The molecule has 1 aromatic carbocycles. The maximum absolute atomic E-state index is 5.81. The molecule has 0 saturated heterocycles. The molecule has 0 radical (unpaired) electrons. The molecule has 2 N–H and O–H groups in total. The molecular formula is C13H20ClN. The van der Waals surface area contributed by atoms with Crippen molar-refractivity contribution in [3.63, 3.8) is 0 Å². The van der Waals surface area contributed by atoms with Crippen LogP contribution in [0.15, 0.2) is 24.3 Å². The van der Waals surface area contributed by atoms with Crippen LogP contribution in [0.1, 0.15) is 43.2 Å². The van der Waals surface area contributed by atoms with Crippen LogP contribution in [0.2, 0.25) is 0 Å². The van der Waals surface area contributed by atoms with E-state index in [9.17, 15) is 0 Å². The first kappa shape index (κ1) is 12.5. The lowest BCUT2D eigenvalue weighted by Crippen LogP contribution is -2.10. The van der Waals surface area contributed by atoms with Gasteiger partial charge in [0.15, 0.2) is 0 Å². The van der Waals surface area contributed by atoms with E-state index in [1.54, 1.807) is 0 Å².